The van der Waals surface area contributed by atoms with Crippen molar-refractivity contribution in [3.63, 3.8) is 0 Å². The zero-order valence-corrected chi connectivity index (χ0v) is 8.09. The summed E-state index contributed by atoms with van der Waals surface area (Å²) in [6, 6.07) is 0. The van der Waals surface area contributed by atoms with Crippen LogP contribution in [0.4, 0.5) is 8.78 Å². The first-order valence-electron chi connectivity index (χ1n) is 4.52. The molecule has 3 nitrogen and oxygen atoms in total. The zero-order valence-electron chi connectivity index (χ0n) is 8.09. The third-order valence-corrected chi connectivity index (χ3v) is 2.13. The number of halogens is 2. The van der Waals surface area contributed by atoms with Crippen LogP contribution >= 0.6 is 0 Å². The van der Waals surface area contributed by atoms with Gasteiger partial charge in [0.15, 0.2) is 0 Å². The summed E-state index contributed by atoms with van der Waals surface area (Å²) in [5, 5.41) is 2.41. The van der Waals surface area contributed by atoms with Gasteiger partial charge in [0.1, 0.15) is 0 Å². The van der Waals surface area contributed by atoms with Crippen molar-refractivity contribution in [3.8, 4) is 0 Å². The van der Waals surface area contributed by atoms with Gasteiger partial charge < -0.3 is 5.32 Å². The lowest BCUT2D eigenvalue weighted by atomic mass is 10.3. The molecule has 1 heterocycles. The van der Waals surface area contributed by atoms with Crippen molar-refractivity contribution in [2.75, 3.05) is 26.7 Å². The molecule has 80 valence electrons. The Labute approximate surface area is 81.8 Å². The Morgan fingerprint density at radius 1 is 1.64 bits per heavy atom. The van der Waals surface area contributed by atoms with Crippen LogP contribution in [0.1, 0.15) is 6.42 Å². The first-order valence-corrected chi connectivity index (χ1v) is 4.52. The average Bonchev–Trinajstić information content (AvgIpc) is 2.45. The van der Waals surface area contributed by atoms with Crippen LogP contribution in [0.3, 0.4) is 0 Å². The first kappa shape index (κ1) is 11.1. The molecule has 1 fully saturated rings. The molecule has 14 heavy (non-hydrogen) atoms. The maximum absolute atomic E-state index is 12.7. The number of amides is 1. The largest absolute Gasteiger partial charge is 0.356 e. The second-order valence-electron chi connectivity index (χ2n) is 3.36. The van der Waals surface area contributed by atoms with Gasteiger partial charge in [0.05, 0.1) is 6.54 Å². The van der Waals surface area contributed by atoms with Gasteiger partial charge in [-0.25, -0.2) is 8.78 Å². The van der Waals surface area contributed by atoms with E-state index >= 15 is 0 Å². The van der Waals surface area contributed by atoms with Gasteiger partial charge in [-0.1, -0.05) is 6.08 Å². The lowest BCUT2D eigenvalue weighted by Gasteiger charge is -2.12. The highest BCUT2D eigenvalue weighted by Crippen LogP contribution is 2.26. The molecule has 0 atom stereocenters. The second-order valence-corrected chi connectivity index (χ2v) is 3.36. The lowest BCUT2D eigenvalue weighted by molar-refractivity contribution is -0.116. The van der Waals surface area contributed by atoms with Crippen LogP contribution in [0.2, 0.25) is 0 Å². The van der Waals surface area contributed by atoms with Crippen molar-refractivity contribution in [2.24, 2.45) is 0 Å². The maximum atomic E-state index is 12.7. The number of likely N-dealkylation sites (N-methyl/N-ethyl adjacent to an activating group) is 1. The molecule has 0 bridgehead atoms. The lowest BCUT2D eigenvalue weighted by Crippen LogP contribution is -2.25. The summed E-state index contributed by atoms with van der Waals surface area (Å²) >= 11 is 0. The molecule has 0 aromatic carbocycles. The summed E-state index contributed by atoms with van der Waals surface area (Å²) in [4.78, 5) is 12.4. The normalized spacial score (nSPS) is 21.6. The number of nitrogens with zero attached hydrogens (tertiary/aromatic N) is 1. The van der Waals surface area contributed by atoms with E-state index in [0.29, 0.717) is 13.1 Å². The summed E-state index contributed by atoms with van der Waals surface area (Å²) in [6.07, 6.45) is 2.87. The van der Waals surface area contributed by atoms with E-state index in [1.807, 2.05) is 0 Å². The Morgan fingerprint density at radius 2 is 2.36 bits per heavy atom. The molecule has 1 saturated heterocycles. The number of hydrogen-bond acceptors (Lipinski definition) is 2. The standard InChI is InChI=1S/C9H14F2N2O/c1-12-8(14)3-2-5-13-6-4-9(10,11)7-13/h2-3H,4-7H2,1H3,(H,12,14)/b3-2+. The highest BCUT2D eigenvalue weighted by Gasteiger charge is 2.37. The molecule has 5 heteroatoms. The summed E-state index contributed by atoms with van der Waals surface area (Å²) in [5.41, 5.74) is 0. The van der Waals surface area contributed by atoms with Gasteiger partial charge in [0, 0.05) is 32.6 Å². The first-order chi connectivity index (χ1) is 6.53. The highest BCUT2D eigenvalue weighted by molar-refractivity contribution is 5.87. The molecule has 1 N–H and O–H groups in total. The Balaban J connectivity index is 2.27. The SMILES string of the molecule is CNC(=O)/C=C/CN1CCC(F)(F)C1. The third-order valence-electron chi connectivity index (χ3n) is 2.13. The Morgan fingerprint density at radius 3 is 2.86 bits per heavy atom. The Bertz CT molecular complexity index is 241. The topological polar surface area (TPSA) is 32.3 Å². The van der Waals surface area contributed by atoms with Crippen LogP contribution in [0.15, 0.2) is 12.2 Å². The number of alkyl halides is 2. The molecule has 0 radical (unpaired) electrons. The molecule has 1 aliphatic rings. The number of hydrogen-bond donors (Lipinski definition) is 1. The summed E-state index contributed by atoms with van der Waals surface area (Å²) < 4.78 is 25.4. The molecule has 1 amide bonds. The molecule has 0 unspecified atom stereocenters. The minimum atomic E-state index is -2.55. The zero-order chi connectivity index (χ0) is 10.6. The number of likely N-dealkylation sites (tertiary alicyclic amines) is 1. The monoisotopic (exact) mass is 204 g/mol. The third kappa shape index (κ3) is 3.41. The van der Waals surface area contributed by atoms with Gasteiger partial charge in [-0.2, -0.15) is 0 Å². The van der Waals surface area contributed by atoms with Crippen LogP contribution in [-0.2, 0) is 4.79 Å². The van der Waals surface area contributed by atoms with Crippen LogP contribution in [0.25, 0.3) is 0 Å². The Hall–Kier alpha value is -0.970. The van der Waals surface area contributed by atoms with E-state index in [-0.39, 0.29) is 18.9 Å². The number of nitrogens with one attached hydrogen (secondary N) is 1. The van der Waals surface area contributed by atoms with Crippen molar-refractivity contribution in [2.45, 2.75) is 12.3 Å². The van der Waals surface area contributed by atoms with Gasteiger partial charge in [-0.3, -0.25) is 9.69 Å². The molecule has 0 saturated carbocycles. The summed E-state index contributed by atoms with van der Waals surface area (Å²) in [7, 11) is 1.52. The van der Waals surface area contributed by atoms with Crippen LogP contribution < -0.4 is 5.32 Å². The second kappa shape index (κ2) is 4.50. The fraction of sp³-hybridized carbons (Fsp3) is 0.667. The molecule has 0 aromatic heterocycles. The van der Waals surface area contributed by atoms with Crippen molar-refractivity contribution in [1.82, 2.24) is 10.2 Å². The van der Waals surface area contributed by atoms with Gasteiger partial charge in [0.25, 0.3) is 5.92 Å². The predicted molar refractivity (Wildman–Crippen MR) is 49.2 cm³/mol. The number of carbonyl (C=O) groups excluding carboxylic acids is 1. The van der Waals surface area contributed by atoms with Crippen molar-refractivity contribution < 1.29 is 13.6 Å². The van der Waals surface area contributed by atoms with E-state index in [0.717, 1.165) is 0 Å². The molecule has 1 rings (SSSR count). The van der Waals surface area contributed by atoms with Gasteiger partial charge >= 0.3 is 0 Å². The Kier molecular flexibility index (Phi) is 3.57. The number of rotatable bonds is 3. The van der Waals surface area contributed by atoms with Gasteiger partial charge in [0.2, 0.25) is 5.91 Å². The smallest absolute Gasteiger partial charge is 0.261 e. The number of carbonyl (C=O) groups is 1. The average molecular weight is 204 g/mol. The van der Waals surface area contributed by atoms with Crippen molar-refractivity contribution in [3.05, 3.63) is 12.2 Å². The van der Waals surface area contributed by atoms with Gasteiger partial charge in [-0.05, 0) is 0 Å². The minimum Gasteiger partial charge on any atom is -0.356 e. The fourth-order valence-electron chi connectivity index (χ4n) is 1.35. The van der Waals surface area contributed by atoms with E-state index in [2.05, 4.69) is 5.32 Å². The minimum absolute atomic E-state index is 0.0825. The quantitative estimate of drug-likeness (QED) is 0.684. The van der Waals surface area contributed by atoms with Gasteiger partial charge in [-0.15, -0.1) is 0 Å². The molecule has 1 aliphatic heterocycles. The van der Waals surface area contributed by atoms with Crippen LogP contribution in [0.5, 0.6) is 0 Å². The van der Waals surface area contributed by atoms with Crippen molar-refractivity contribution >= 4 is 5.91 Å². The van der Waals surface area contributed by atoms with Crippen molar-refractivity contribution in [1.29, 1.82) is 0 Å². The summed E-state index contributed by atoms with van der Waals surface area (Å²) in [6.45, 7) is 0.596. The van der Waals surface area contributed by atoms with E-state index in [1.54, 1.807) is 11.0 Å². The molecular formula is C9H14F2N2O. The molecule has 0 aliphatic carbocycles. The van der Waals surface area contributed by atoms with Crippen LogP contribution in [-0.4, -0.2) is 43.4 Å². The maximum Gasteiger partial charge on any atom is 0.261 e. The van der Waals surface area contributed by atoms with Crippen LogP contribution in [0, 0.1) is 0 Å². The van der Waals surface area contributed by atoms with E-state index in [9.17, 15) is 13.6 Å². The predicted octanol–water partition coefficient (Wildman–Crippen LogP) is 0.630. The van der Waals surface area contributed by atoms with E-state index in [1.165, 1.54) is 13.1 Å². The highest BCUT2D eigenvalue weighted by atomic mass is 19.3. The molecule has 0 spiro atoms. The summed E-state index contributed by atoms with van der Waals surface area (Å²) in [5.74, 6) is -2.77. The van der Waals surface area contributed by atoms with E-state index < -0.39 is 5.92 Å². The van der Waals surface area contributed by atoms with E-state index in [4.69, 9.17) is 0 Å². The molecule has 0 aromatic rings. The fourth-order valence-corrected chi connectivity index (χ4v) is 1.35. The molecular weight excluding hydrogens is 190 g/mol.